The van der Waals surface area contributed by atoms with E-state index in [-0.39, 0.29) is 0 Å². The fourth-order valence-corrected chi connectivity index (χ4v) is 6.76. The van der Waals surface area contributed by atoms with Crippen LogP contribution < -0.4 is 0 Å². The monoisotopic (exact) mass is 430 g/mol. The summed E-state index contributed by atoms with van der Waals surface area (Å²) in [6.07, 6.45) is 25.6. The van der Waals surface area contributed by atoms with Gasteiger partial charge in [0.2, 0.25) is 0 Å². The summed E-state index contributed by atoms with van der Waals surface area (Å²) in [5, 5.41) is 2.36. The summed E-state index contributed by atoms with van der Waals surface area (Å²) in [5.74, 6) is 3.65. The van der Waals surface area contributed by atoms with E-state index in [1.807, 2.05) is 6.20 Å². The number of unbranched alkanes of at least 4 members (excludes halogenated alkanes) is 4. The van der Waals surface area contributed by atoms with Crippen LogP contribution in [0.25, 0.3) is 4.96 Å². The largest absolute Gasteiger partial charge is 0.294 e. The Kier molecular flexibility index (Phi) is 10.2. The van der Waals surface area contributed by atoms with E-state index in [2.05, 4.69) is 41.7 Å². The molecular weight excluding hydrogens is 384 g/mol. The van der Waals surface area contributed by atoms with Gasteiger partial charge in [0.15, 0.2) is 4.96 Å². The molecule has 0 aliphatic heterocycles. The normalized spacial score (nSPS) is 21.8. The van der Waals surface area contributed by atoms with Gasteiger partial charge < -0.3 is 0 Å². The average Bonchev–Trinajstić information content (AvgIpc) is 3.37. The predicted molar refractivity (Wildman–Crippen MR) is 133 cm³/mol. The van der Waals surface area contributed by atoms with Gasteiger partial charge >= 0.3 is 0 Å². The number of thiazole rings is 1. The molecule has 2 aromatic heterocycles. The first-order chi connectivity index (χ1) is 14.7. The lowest BCUT2D eigenvalue weighted by Gasteiger charge is -2.32. The minimum Gasteiger partial charge on any atom is -0.294 e. The molecule has 0 amide bonds. The third-order valence-electron chi connectivity index (χ3n) is 7.85. The fraction of sp³-hybridized carbons (Fsp3) is 0.815. The van der Waals surface area contributed by atoms with E-state index < -0.39 is 0 Å². The molecule has 3 rings (SSSR count). The van der Waals surface area contributed by atoms with Crippen LogP contribution >= 0.6 is 11.3 Å². The molecule has 2 aromatic rings. The smallest absolute Gasteiger partial charge is 0.193 e. The van der Waals surface area contributed by atoms with Crippen LogP contribution in [-0.2, 0) is 0 Å². The zero-order valence-electron chi connectivity index (χ0n) is 20.0. The van der Waals surface area contributed by atoms with Crippen LogP contribution in [0.3, 0.4) is 0 Å². The standard InChI is InChI=1S/C27H46N2S/c1-4-6-7-8-9-13-23-15-17-24(18-16-23)22(3)12-10-14-25(11-5-2)26-21-30-27-28-19-20-29(26)27/h19-25H,4-18H2,1-3H3. The van der Waals surface area contributed by atoms with Gasteiger partial charge in [-0.1, -0.05) is 91.4 Å². The van der Waals surface area contributed by atoms with Gasteiger partial charge in [0, 0.05) is 29.4 Å². The van der Waals surface area contributed by atoms with E-state index in [1.54, 1.807) is 11.3 Å². The summed E-state index contributed by atoms with van der Waals surface area (Å²) < 4.78 is 2.33. The van der Waals surface area contributed by atoms with Crippen molar-refractivity contribution in [2.24, 2.45) is 17.8 Å². The lowest BCUT2D eigenvalue weighted by molar-refractivity contribution is 0.195. The molecule has 0 aromatic carbocycles. The Morgan fingerprint density at radius 2 is 1.77 bits per heavy atom. The minimum atomic E-state index is 0.702. The summed E-state index contributed by atoms with van der Waals surface area (Å²) in [6.45, 7) is 7.19. The molecule has 1 saturated carbocycles. The first kappa shape index (κ1) is 23.8. The third kappa shape index (κ3) is 6.84. The summed E-state index contributed by atoms with van der Waals surface area (Å²) in [6, 6.07) is 0. The van der Waals surface area contributed by atoms with E-state index in [1.165, 1.54) is 102 Å². The van der Waals surface area contributed by atoms with Crippen LogP contribution in [-0.4, -0.2) is 9.38 Å². The summed E-state index contributed by atoms with van der Waals surface area (Å²) in [5.41, 5.74) is 1.50. The first-order valence-electron chi connectivity index (χ1n) is 13.1. The summed E-state index contributed by atoms with van der Waals surface area (Å²) >= 11 is 1.80. The molecule has 0 saturated heterocycles. The zero-order chi connectivity index (χ0) is 21.2. The Hall–Kier alpha value is -0.830. The van der Waals surface area contributed by atoms with Gasteiger partial charge in [-0.25, -0.2) is 4.98 Å². The molecule has 0 N–H and O–H groups in total. The van der Waals surface area contributed by atoms with Crippen LogP contribution in [0.2, 0.25) is 0 Å². The highest BCUT2D eigenvalue weighted by Crippen LogP contribution is 2.38. The molecule has 2 nitrogen and oxygen atoms in total. The molecule has 2 heterocycles. The second kappa shape index (κ2) is 12.9. The third-order valence-corrected chi connectivity index (χ3v) is 8.72. The quantitative estimate of drug-likeness (QED) is 0.273. The molecule has 3 heteroatoms. The summed E-state index contributed by atoms with van der Waals surface area (Å²) in [7, 11) is 0. The molecule has 1 aliphatic rings. The van der Waals surface area contributed by atoms with Gasteiger partial charge in [-0.3, -0.25) is 4.40 Å². The predicted octanol–water partition coefficient (Wildman–Crippen LogP) is 9.25. The number of imidazole rings is 1. The molecular formula is C27H46N2S. The molecule has 2 unspecified atom stereocenters. The lowest BCUT2D eigenvalue weighted by atomic mass is 9.73. The lowest BCUT2D eigenvalue weighted by Crippen LogP contribution is -2.20. The maximum Gasteiger partial charge on any atom is 0.193 e. The SMILES string of the molecule is CCCCCCCC1CCC(C(C)CCCC(CCC)c2csc3nccn23)CC1. The van der Waals surface area contributed by atoms with Crippen LogP contribution in [0.15, 0.2) is 17.8 Å². The Morgan fingerprint density at radius 1 is 0.967 bits per heavy atom. The van der Waals surface area contributed by atoms with E-state index in [0.29, 0.717) is 5.92 Å². The van der Waals surface area contributed by atoms with E-state index in [0.717, 1.165) is 22.7 Å². The second-order valence-electron chi connectivity index (χ2n) is 10.1. The van der Waals surface area contributed by atoms with Crippen molar-refractivity contribution in [3.05, 3.63) is 23.5 Å². The van der Waals surface area contributed by atoms with Crippen molar-refractivity contribution in [3.8, 4) is 0 Å². The van der Waals surface area contributed by atoms with E-state index in [9.17, 15) is 0 Å². The van der Waals surface area contributed by atoms with Crippen molar-refractivity contribution in [2.75, 3.05) is 0 Å². The molecule has 0 bridgehead atoms. The maximum absolute atomic E-state index is 4.47. The fourth-order valence-electron chi connectivity index (χ4n) is 5.83. The first-order valence-corrected chi connectivity index (χ1v) is 14.0. The molecule has 1 fully saturated rings. The topological polar surface area (TPSA) is 17.3 Å². The highest BCUT2D eigenvalue weighted by Gasteiger charge is 2.25. The van der Waals surface area contributed by atoms with Gasteiger partial charge in [-0.05, 0) is 43.4 Å². The molecule has 30 heavy (non-hydrogen) atoms. The highest BCUT2D eigenvalue weighted by molar-refractivity contribution is 7.15. The molecule has 2 atom stereocenters. The van der Waals surface area contributed by atoms with Crippen LogP contribution in [0.1, 0.15) is 129 Å². The van der Waals surface area contributed by atoms with Gasteiger partial charge in [0.1, 0.15) is 0 Å². The Bertz CT molecular complexity index is 695. The van der Waals surface area contributed by atoms with Crippen molar-refractivity contribution in [3.63, 3.8) is 0 Å². The van der Waals surface area contributed by atoms with Gasteiger partial charge in [-0.15, -0.1) is 11.3 Å². The number of nitrogens with zero attached hydrogens (tertiary/aromatic N) is 2. The van der Waals surface area contributed by atoms with E-state index in [4.69, 9.17) is 0 Å². The van der Waals surface area contributed by atoms with Gasteiger partial charge in [0.05, 0.1) is 0 Å². The maximum atomic E-state index is 4.47. The number of hydrogen-bond donors (Lipinski definition) is 0. The van der Waals surface area contributed by atoms with Crippen molar-refractivity contribution < 1.29 is 0 Å². The number of fused-ring (bicyclic) bond motifs is 1. The van der Waals surface area contributed by atoms with Crippen molar-refractivity contribution in [1.29, 1.82) is 0 Å². The van der Waals surface area contributed by atoms with Crippen LogP contribution in [0, 0.1) is 17.8 Å². The number of rotatable bonds is 14. The number of hydrogen-bond acceptors (Lipinski definition) is 2. The molecule has 1 aliphatic carbocycles. The zero-order valence-corrected chi connectivity index (χ0v) is 20.8. The second-order valence-corrected chi connectivity index (χ2v) is 11.0. The summed E-state index contributed by atoms with van der Waals surface area (Å²) in [4.78, 5) is 5.62. The molecule has 0 radical (unpaired) electrons. The Labute approximate surface area is 189 Å². The average molecular weight is 431 g/mol. The van der Waals surface area contributed by atoms with E-state index >= 15 is 0 Å². The number of aromatic nitrogens is 2. The van der Waals surface area contributed by atoms with Gasteiger partial charge in [-0.2, -0.15) is 0 Å². The van der Waals surface area contributed by atoms with Gasteiger partial charge in [0.25, 0.3) is 0 Å². The Morgan fingerprint density at radius 3 is 2.53 bits per heavy atom. The molecule has 0 spiro atoms. The van der Waals surface area contributed by atoms with Crippen LogP contribution in [0.4, 0.5) is 0 Å². The minimum absolute atomic E-state index is 0.702. The van der Waals surface area contributed by atoms with Crippen molar-refractivity contribution >= 4 is 16.3 Å². The van der Waals surface area contributed by atoms with Crippen LogP contribution in [0.5, 0.6) is 0 Å². The molecule has 170 valence electrons. The highest BCUT2D eigenvalue weighted by atomic mass is 32.1. The Balaban J connectivity index is 1.36. The van der Waals surface area contributed by atoms with Crippen molar-refractivity contribution in [1.82, 2.24) is 9.38 Å². The van der Waals surface area contributed by atoms with Crippen molar-refractivity contribution in [2.45, 2.75) is 123 Å².